The largest absolute Gasteiger partial charge is 0.342 e. The SMILES string of the molecule is CCN(CC)S(=O)(=O)c1ccc(/C=C/C(=O)NCC#Cc2ccccc2)cc1. The Kier molecular flexibility index (Phi) is 8.00. The van der Waals surface area contributed by atoms with Crippen LogP contribution in [0.5, 0.6) is 0 Å². The third-order valence-corrected chi connectivity index (χ3v) is 6.07. The fourth-order valence-electron chi connectivity index (χ4n) is 2.49. The zero-order valence-corrected chi connectivity index (χ0v) is 16.9. The number of carbonyl (C=O) groups excluding carboxylic acids is 1. The van der Waals surface area contributed by atoms with Crippen LogP contribution in [0, 0.1) is 11.8 Å². The van der Waals surface area contributed by atoms with Crippen molar-refractivity contribution in [2.45, 2.75) is 18.7 Å². The smallest absolute Gasteiger partial charge is 0.244 e. The second-order valence-electron chi connectivity index (χ2n) is 5.88. The lowest BCUT2D eigenvalue weighted by Gasteiger charge is -2.18. The predicted octanol–water partition coefficient (Wildman–Crippen LogP) is 2.90. The quantitative estimate of drug-likeness (QED) is 0.578. The monoisotopic (exact) mass is 396 g/mol. The molecule has 6 heteroatoms. The van der Waals surface area contributed by atoms with Crippen molar-refractivity contribution in [2.24, 2.45) is 0 Å². The molecule has 0 radical (unpaired) electrons. The minimum absolute atomic E-state index is 0.244. The highest BCUT2D eigenvalue weighted by Crippen LogP contribution is 2.16. The molecule has 0 aromatic heterocycles. The Morgan fingerprint density at radius 2 is 1.68 bits per heavy atom. The lowest BCUT2D eigenvalue weighted by Crippen LogP contribution is -2.30. The maximum absolute atomic E-state index is 12.5. The molecular formula is C22H24N2O3S. The molecule has 0 bridgehead atoms. The van der Waals surface area contributed by atoms with Gasteiger partial charge < -0.3 is 5.32 Å². The van der Waals surface area contributed by atoms with E-state index in [0.717, 1.165) is 11.1 Å². The average Bonchev–Trinajstić information content (AvgIpc) is 2.71. The van der Waals surface area contributed by atoms with Gasteiger partial charge >= 0.3 is 0 Å². The van der Waals surface area contributed by atoms with Gasteiger partial charge in [-0.15, -0.1) is 0 Å². The molecule has 146 valence electrons. The fourth-order valence-corrected chi connectivity index (χ4v) is 3.95. The summed E-state index contributed by atoms with van der Waals surface area (Å²) in [5.41, 5.74) is 1.64. The maximum Gasteiger partial charge on any atom is 0.244 e. The summed E-state index contributed by atoms with van der Waals surface area (Å²) in [7, 11) is -3.47. The van der Waals surface area contributed by atoms with Crippen molar-refractivity contribution in [1.82, 2.24) is 9.62 Å². The molecule has 0 aliphatic heterocycles. The number of hydrogen-bond donors (Lipinski definition) is 1. The van der Waals surface area contributed by atoms with Crippen LogP contribution >= 0.6 is 0 Å². The summed E-state index contributed by atoms with van der Waals surface area (Å²) in [6.07, 6.45) is 3.03. The molecule has 0 unspecified atom stereocenters. The first-order valence-electron chi connectivity index (χ1n) is 9.07. The standard InChI is InChI=1S/C22H24N2O3S/c1-3-24(4-2)28(26,27)21-15-12-20(13-16-21)14-17-22(25)23-18-8-11-19-9-6-5-7-10-19/h5-7,9-10,12-17H,3-4,18H2,1-2H3,(H,23,25)/b17-14+. The van der Waals surface area contributed by atoms with E-state index in [-0.39, 0.29) is 17.3 Å². The minimum Gasteiger partial charge on any atom is -0.342 e. The number of nitrogens with zero attached hydrogens (tertiary/aromatic N) is 1. The summed E-state index contributed by atoms with van der Waals surface area (Å²) in [4.78, 5) is 12.1. The second-order valence-corrected chi connectivity index (χ2v) is 7.82. The molecule has 2 rings (SSSR count). The van der Waals surface area contributed by atoms with Crippen LogP contribution < -0.4 is 5.32 Å². The molecule has 1 N–H and O–H groups in total. The number of benzene rings is 2. The molecule has 1 amide bonds. The molecule has 2 aromatic rings. The van der Waals surface area contributed by atoms with Crippen molar-refractivity contribution in [3.63, 3.8) is 0 Å². The number of sulfonamides is 1. The zero-order valence-electron chi connectivity index (χ0n) is 16.1. The van der Waals surface area contributed by atoms with Crippen LogP contribution in [0.15, 0.2) is 65.6 Å². The molecule has 0 aliphatic rings. The highest BCUT2D eigenvalue weighted by atomic mass is 32.2. The number of amides is 1. The fraction of sp³-hybridized carbons (Fsp3) is 0.227. The lowest BCUT2D eigenvalue weighted by molar-refractivity contribution is -0.116. The molecule has 0 saturated carbocycles. The van der Waals surface area contributed by atoms with E-state index in [4.69, 9.17) is 0 Å². The van der Waals surface area contributed by atoms with Gasteiger partial charge in [0.1, 0.15) is 0 Å². The molecule has 0 fully saturated rings. The van der Waals surface area contributed by atoms with Gasteiger partial charge in [-0.1, -0.05) is 56.0 Å². The lowest BCUT2D eigenvalue weighted by atomic mass is 10.2. The highest BCUT2D eigenvalue weighted by molar-refractivity contribution is 7.89. The van der Waals surface area contributed by atoms with Crippen LogP contribution in [-0.4, -0.2) is 38.3 Å². The van der Waals surface area contributed by atoms with Crippen LogP contribution in [0.3, 0.4) is 0 Å². The summed E-state index contributed by atoms with van der Waals surface area (Å²) in [5, 5.41) is 2.69. The Hall–Kier alpha value is -2.88. The van der Waals surface area contributed by atoms with Gasteiger partial charge in [0.05, 0.1) is 11.4 Å². The van der Waals surface area contributed by atoms with Gasteiger partial charge in [-0.2, -0.15) is 4.31 Å². The Labute approximate surface area is 167 Å². The number of hydrogen-bond acceptors (Lipinski definition) is 3. The van der Waals surface area contributed by atoms with Gasteiger partial charge in [-0.3, -0.25) is 4.79 Å². The van der Waals surface area contributed by atoms with Crippen molar-refractivity contribution in [2.75, 3.05) is 19.6 Å². The Bertz CT molecular complexity index is 966. The predicted molar refractivity (Wildman–Crippen MR) is 112 cm³/mol. The summed E-state index contributed by atoms with van der Waals surface area (Å²) in [6, 6.07) is 16.0. The summed E-state index contributed by atoms with van der Waals surface area (Å²) in [5.74, 6) is 5.59. The second kappa shape index (κ2) is 10.5. The van der Waals surface area contributed by atoms with Gasteiger partial charge in [0, 0.05) is 24.7 Å². The molecule has 2 aromatic carbocycles. The highest BCUT2D eigenvalue weighted by Gasteiger charge is 2.20. The molecule has 0 spiro atoms. The van der Waals surface area contributed by atoms with E-state index in [1.807, 2.05) is 30.3 Å². The van der Waals surface area contributed by atoms with Crippen molar-refractivity contribution in [3.8, 4) is 11.8 Å². The van der Waals surface area contributed by atoms with Crippen molar-refractivity contribution < 1.29 is 13.2 Å². The van der Waals surface area contributed by atoms with Crippen LogP contribution in [0.25, 0.3) is 6.08 Å². The molecule has 5 nitrogen and oxygen atoms in total. The number of nitrogens with one attached hydrogen (secondary N) is 1. The zero-order chi connectivity index (χ0) is 20.4. The van der Waals surface area contributed by atoms with E-state index < -0.39 is 10.0 Å². The maximum atomic E-state index is 12.5. The third-order valence-electron chi connectivity index (χ3n) is 4.01. The van der Waals surface area contributed by atoms with Crippen molar-refractivity contribution in [1.29, 1.82) is 0 Å². The molecular weight excluding hydrogens is 372 g/mol. The van der Waals surface area contributed by atoms with E-state index >= 15 is 0 Å². The van der Waals surface area contributed by atoms with E-state index in [2.05, 4.69) is 17.2 Å². The first-order chi connectivity index (χ1) is 13.5. The number of rotatable bonds is 7. The molecule has 0 heterocycles. The van der Waals surface area contributed by atoms with Crippen LogP contribution in [0.4, 0.5) is 0 Å². The van der Waals surface area contributed by atoms with Gasteiger partial charge in [-0.05, 0) is 35.9 Å². The minimum atomic E-state index is -3.47. The molecule has 0 atom stereocenters. The van der Waals surface area contributed by atoms with Crippen molar-refractivity contribution in [3.05, 3.63) is 71.8 Å². The van der Waals surface area contributed by atoms with Gasteiger partial charge in [-0.25, -0.2) is 8.42 Å². The van der Waals surface area contributed by atoms with Crippen LogP contribution in [0.1, 0.15) is 25.0 Å². The van der Waals surface area contributed by atoms with E-state index in [1.54, 1.807) is 44.2 Å². The molecule has 0 aliphatic carbocycles. The van der Waals surface area contributed by atoms with E-state index in [1.165, 1.54) is 10.4 Å². The summed E-state index contributed by atoms with van der Waals surface area (Å²) in [6.45, 7) is 4.71. The average molecular weight is 397 g/mol. The van der Waals surface area contributed by atoms with Crippen LogP contribution in [-0.2, 0) is 14.8 Å². The Morgan fingerprint density at radius 1 is 1.04 bits per heavy atom. The number of carbonyl (C=O) groups is 1. The summed E-state index contributed by atoms with van der Waals surface area (Å²) >= 11 is 0. The summed E-state index contributed by atoms with van der Waals surface area (Å²) < 4.78 is 26.3. The first-order valence-corrected chi connectivity index (χ1v) is 10.5. The van der Waals surface area contributed by atoms with Crippen LogP contribution in [0.2, 0.25) is 0 Å². The Morgan fingerprint density at radius 3 is 2.29 bits per heavy atom. The van der Waals surface area contributed by atoms with E-state index in [0.29, 0.717) is 13.1 Å². The third kappa shape index (κ3) is 6.08. The van der Waals surface area contributed by atoms with Crippen molar-refractivity contribution >= 4 is 22.0 Å². The Balaban J connectivity index is 1.92. The van der Waals surface area contributed by atoms with Gasteiger partial charge in [0.25, 0.3) is 0 Å². The van der Waals surface area contributed by atoms with E-state index in [9.17, 15) is 13.2 Å². The topological polar surface area (TPSA) is 66.5 Å². The van der Waals surface area contributed by atoms with Gasteiger partial charge in [0.2, 0.25) is 15.9 Å². The molecule has 0 saturated heterocycles. The first kappa shape index (κ1) is 21.4. The van der Waals surface area contributed by atoms with Gasteiger partial charge in [0.15, 0.2) is 0 Å². The normalized spacial score (nSPS) is 11.2. The molecule has 28 heavy (non-hydrogen) atoms.